The average Bonchev–Trinajstić information content (AvgIpc) is 3.46. The number of esters is 3. The highest BCUT2D eigenvalue weighted by Crippen LogP contribution is 2.16. The molecular formula is C74H126O6. The van der Waals surface area contributed by atoms with E-state index in [4.69, 9.17) is 14.2 Å². The van der Waals surface area contributed by atoms with Crippen LogP contribution in [0.15, 0.2) is 109 Å². The van der Waals surface area contributed by atoms with E-state index in [0.717, 1.165) is 128 Å². The fourth-order valence-electron chi connectivity index (χ4n) is 9.42. The fourth-order valence-corrected chi connectivity index (χ4v) is 9.42. The molecule has 0 saturated heterocycles. The summed E-state index contributed by atoms with van der Waals surface area (Å²) in [4.78, 5) is 38.3. The third-order valence-corrected chi connectivity index (χ3v) is 14.5. The van der Waals surface area contributed by atoms with Gasteiger partial charge in [0, 0.05) is 19.3 Å². The minimum Gasteiger partial charge on any atom is -0.462 e. The Kier molecular flexibility index (Phi) is 64.3. The largest absolute Gasteiger partial charge is 0.462 e. The number of hydrogen-bond acceptors (Lipinski definition) is 6. The van der Waals surface area contributed by atoms with Crippen molar-refractivity contribution in [1.82, 2.24) is 0 Å². The van der Waals surface area contributed by atoms with Crippen molar-refractivity contribution in [2.24, 2.45) is 0 Å². The molecule has 0 aromatic heterocycles. The molecule has 1 atom stereocenters. The first-order valence-corrected chi connectivity index (χ1v) is 33.9. The number of allylic oxidation sites excluding steroid dienone is 18. The molecule has 0 radical (unpaired) electrons. The molecule has 0 heterocycles. The van der Waals surface area contributed by atoms with Crippen LogP contribution in [0.2, 0.25) is 0 Å². The standard InChI is InChI=1S/C74H126O6/c1-4-7-10-13-16-19-22-25-27-29-31-32-33-34-35-36-37-38-39-40-41-42-43-45-46-49-52-55-58-61-64-67-73(76)79-70-71(69-78-72(75)66-63-60-57-54-51-48-24-21-18-15-12-9-6-3)80-74(77)68-65-62-59-56-53-50-47-44-30-28-26-23-20-17-14-11-8-5-2/h7,10,12,15-16,19,21,24-25,27-28,30-32,34-35,37-38,71H,4-6,8-9,11,13-14,17-18,20,22-23,26,29,33,36,39-70H2,1-3H3/b10-7-,15-12-,19-16-,24-21-,27-25-,30-28-,32-31-,35-34-,38-37-. The van der Waals surface area contributed by atoms with E-state index in [1.54, 1.807) is 0 Å². The summed E-state index contributed by atoms with van der Waals surface area (Å²) in [6.45, 7) is 6.47. The lowest BCUT2D eigenvalue weighted by molar-refractivity contribution is -0.167. The van der Waals surface area contributed by atoms with Crippen LogP contribution in [0.4, 0.5) is 0 Å². The maximum absolute atomic E-state index is 12.9. The van der Waals surface area contributed by atoms with Crippen LogP contribution < -0.4 is 0 Å². The molecule has 0 aliphatic heterocycles. The molecule has 0 bridgehead atoms. The monoisotopic (exact) mass is 1110 g/mol. The predicted octanol–water partition coefficient (Wildman–Crippen LogP) is 23.4. The second-order valence-electron chi connectivity index (χ2n) is 22.3. The van der Waals surface area contributed by atoms with Crippen LogP contribution in [0.5, 0.6) is 0 Å². The van der Waals surface area contributed by atoms with Crippen LogP contribution in [0.3, 0.4) is 0 Å². The van der Waals surface area contributed by atoms with Gasteiger partial charge in [-0.3, -0.25) is 14.4 Å². The van der Waals surface area contributed by atoms with Crippen molar-refractivity contribution in [3.05, 3.63) is 109 Å². The van der Waals surface area contributed by atoms with E-state index in [9.17, 15) is 14.4 Å². The smallest absolute Gasteiger partial charge is 0.306 e. The minimum atomic E-state index is -0.788. The van der Waals surface area contributed by atoms with Crippen LogP contribution in [-0.2, 0) is 28.6 Å². The molecule has 80 heavy (non-hydrogen) atoms. The van der Waals surface area contributed by atoms with Crippen molar-refractivity contribution < 1.29 is 28.6 Å². The number of ether oxygens (including phenoxy) is 3. The van der Waals surface area contributed by atoms with E-state index in [1.807, 2.05) is 0 Å². The Morgan fingerprint density at radius 3 is 0.825 bits per heavy atom. The van der Waals surface area contributed by atoms with E-state index in [2.05, 4.69) is 130 Å². The lowest BCUT2D eigenvalue weighted by Gasteiger charge is -2.18. The van der Waals surface area contributed by atoms with Gasteiger partial charge in [0.1, 0.15) is 13.2 Å². The lowest BCUT2D eigenvalue weighted by atomic mass is 10.0. The summed E-state index contributed by atoms with van der Waals surface area (Å²) >= 11 is 0. The van der Waals surface area contributed by atoms with Crippen LogP contribution in [-0.4, -0.2) is 37.2 Å². The Morgan fingerprint density at radius 1 is 0.263 bits per heavy atom. The molecule has 0 fully saturated rings. The summed E-state index contributed by atoms with van der Waals surface area (Å²) in [6.07, 6.45) is 92.5. The van der Waals surface area contributed by atoms with Gasteiger partial charge in [0.05, 0.1) is 0 Å². The molecule has 1 unspecified atom stereocenters. The Labute approximate surface area is 495 Å². The first-order valence-electron chi connectivity index (χ1n) is 33.9. The Bertz CT molecular complexity index is 1610. The number of unbranched alkanes of at least 4 members (excludes halogenated alkanes) is 32. The van der Waals surface area contributed by atoms with E-state index < -0.39 is 6.10 Å². The van der Waals surface area contributed by atoms with Gasteiger partial charge in [0.15, 0.2) is 6.10 Å². The maximum Gasteiger partial charge on any atom is 0.306 e. The summed E-state index contributed by atoms with van der Waals surface area (Å²) < 4.78 is 16.9. The van der Waals surface area contributed by atoms with Gasteiger partial charge in [0.25, 0.3) is 0 Å². The van der Waals surface area contributed by atoms with Crippen molar-refractivity contribution in [3.8, 4) is 0 Å². The predicted molar refractivity (Wildman–Crippen MR) is 348 cm³/mol. The molecule has 0 saturated carbocycles. The molecular weight excluding hydrogens is 985 g/mol. The summed E-state index contributed by atoms with van der Waals surface area (Å²) in [5.74, 6) is -0.895. The van der Waals surface area contributed by atoms with Crippen LogP contribution in [0.25, 0.3) is 0 Å². The van der Waals surface area contributed by atoms with Crippen LogP contribution >= 0.6 is 0 Å². The van der Waals surface area contributed by atoms with Gasteiger partial charge < -0.3 is 14.2 Å². The van der Waals surface area contributed by atoms with E-state index in [1.165, 1.54) is 154 Å². The summed E-state index contributed by atoms with van der Waals surface area (Å²) in [5, 5.41) is 0. The first-order chi connectivity index (χ1) is 39.5. The highest BCUT2D eigenvalue weighted by Gasteiger charge is 2.19. The van der Waals surface area contributed by atoms with Crippen molar-refractivity contribution >= 4 is 17.9 Å². The number of rotatable bonds is 61. The summed E-state index contributed by atoms with van der Waals surface area (Å²) in [7, 11) is 0. The first kappa shape index (κ1) is 76.1. The second kappa shape index (κ2) is 67.6. The van der Waals surface area contributed by atoms with Gasteiger partial charge >= 0.3 is 17.9 Å². The van der Waals surface area contributed by atoms with Gasteiger partial charge in [-0.25, -0.2) is 0 Å². The molecule has 0 aromatic rings. The van der Waals surface area contributed by atoms with Gasteiger partial charge in [-0.1, -0.05) is 291 Å². The molecule has 0 rings (SSSR count). The quantitative estimate of drug-likeness (QED) is 0.0261. The highest BCUT2D eigenvalue weighted by atomic mass is 16.6. The SMILES string of the molecule is CC/C=C\C/C=C\C/C=C\C/C=C\C/C=C\C/C=C\CCCCCCCCCCCCCCC(=O)OCC(COC(=O)CCCCCCC/C=C\C/C=C\CCC)OC(=O)CCCCCCCCC/C=C\CCCCCCCCC. The van der Waals surface area contributed by atoms with Crippen LogP contribution in [0, 0.1) is 0 Å². The Balaban J connectivity index is 4.26. The molecule has 458 valence electrons. The van der Waals surface area contributed by atoms with E-state index in [0.29, 0.717) is 19.3 Å². The second-order valence-corrected chi connectivity index (χ2v) is 22.3. The number of carbonyl (C=O) groups excluding carboxylic acids is 3. The Hall–Kier alpha value is -3.93. The molecule has 6 heteroatoms. The zero-order chi connectivity index (χ0) is 57.8. The van der Waals surface area contributed by atoms with Gasteiger partial charge in [-0.15, -0.1) is 0 Å². The van der Waals surface area contributed by atoms with E-state index in [-0.39, 0.29) is 31.1 Å². The molecule has 0 N–H and O–H groups in total. The van der Waals surface area contributed by atoms with Crippen LogP contribution in [0.1, 0.15) is 323 Å². The lowest BCUT2D eigenvalue weighted by Crippen LogP contribution is -2.30. The topological polar surface area (TPSA) is 78.9 Å². The molecule has 0 spiro atoms. The van der Waals surface area contributed by atoms with Gasteiger partial charge in [-0.05, 0) is 122 Å². The van der Waals surface area contributed by atoms with Gasteiger partial charge in [0.2, 0.25) is 0 Å². The fraction of sp³-hybridized carbons (Fsp3) is 0.716. The molecule has 0 amide bonds. The molecule has 0 aliphatic rings. The summed E-state index contributed by atoms with van der Waals surface area (Å²) in [5.41, 5.74) is 0. The third-order valence-electron chi connectivity index (χ3n) is 14.5. The van der Waals surface area contributed by atoms with Crippen molar-refractivity contribution in [3.63, 3.8) is 0 Å². The maximum atomic E-state index is 12.9. The zero-order valence-electron chi connectivity index (χ0n) is 52.6. The zero-order valence-corrected chi connectivity index (χ0v) is 52.6. The van der Waals surface area contributed by atoms with Crippen molar-refractivity contribution in [2.75, 3.05) is 13.2 Å². The molecule has 0 aromatic carbocycles. The average molecular weight is 1110 g/mol. The number of carbonyl (C=O) groups is 3. The molecule has 6 nitrogen and oxygen atoms in total. The van der Waals surface area contributed by atoms with Gasteiger partial charge in [-0.2, -0.15) is 0 Å². The summed E-state index contributed by atoms with van der Waals surface area (Å²) in [6, 6.07) is 0. The third kappa shape index (κ3) is 64.9. The number of hydrogen-bond donors (Lipinski definition) is 0. The minimum absolute atomic E-state index is 0.0842. The van der Waals surface area contributed by atoms with E-state index >= 15 is 0 Å². The highest BCUT2D eigenvalue weighted by molar-refractivity contribution is 5.71. The van der Waals surface area contributed by atoms with Crippen molar-refractivity contribution in [1.29, 1.82) is 0 Å². The van der Waals surface area contributed by atoms with Crippen molar-refractivity contribution in [2.45, 2.75) is 329 Å². The Morgan fingerprint density at radius 2 is 0.512 bits per heavy atom. The molecule has 0 aliphatic carbocycles. The normalized spacial score (nSPS) is 12.8.